The fourth-order valence-corrected chi connectivity index (χ4v) is 3.01. The van der Waals surface area contributed by atoms with E-state index in [9.17, 15) is 0 Å². The number of likely N-dealkylation sites (tertiary alicyclic amines) is 1. The van der Waals surface area contributed by atoms with Gasteiger partial charge in [0.2, 0.25) is 0 Å². The van der Waals surface area contributed by atoms with Crippen molar-refractivity contribution in [2.75, 3.05) is 39.9 Å². The summed E-state index contributed by atoms with van der Waals surface area (Å²) in [6.45, 7) is 8.37. The molecule has 1 saturated heterocycles. The van der Waals surface area contributed by atoms with Gasteiger partial charge in [-0.25, -0.2) is 0 Å². The molecule has 0 aliphatic carbocycles. The third kappa shape index (κ3) is 7.58. The molecule has 25 heavy (non-hydrogen) atoms. The number of hydrogen-bond acceptors (Lipinski definition) is 3. The molecule has 5 nitrogen and oxygen atoms in total. The maximum Gasteiger partial charge on any atom is 0.193 e. The Balaban J connectivity index is 0.00000312. The third-order valence-corrected chi connectivity index (χ3v) is 4.27. The molecule has 1 aromatic rings. The Morgan fingerprint density at radius 3 is 2.96 bits per heavy atom. The van der Waals surface area contributed by atoms with Crippen molar-refractivity contribution < 1.29 is 9.47 Å². The van der Waals surface area contributed by atoms with E-state index < -0.39 is 0 Å². The lowest BCUT2D eigenvalue weighted by molar-refractivity contribution is 0.114. The standard InChI is InChI=1S/C18H28ClN3O2.HI/c1-4-23-13-15-8-9-22(12-15)18(20-3)21-11-14(2)24-17-7-5-6-16(19)10-17;/h5-7,10,14-15H,4,8-9,11-13H2,1-3H3,(H,20,21);1H. The van der Waals surface area contributed by atoms with Crippen LogP contribution in [-0.2, 0) is 4.74 Å². The number of aliphatic imine (C=N–C) groups is 1. The number of rotatable bonds is 7. The minimum Gasteiger partial charge on any atom is -0.489 e. The van der Waals surface area contributed by atoms with Crippen LogP contribution in [0.15, 0.2) is 29.3 Å². The highest BCUT2D eigenvalue weighted by Gasteiger charge is 2.25. The number of ether oxygens (including phenoxy) is 2. The predicted molar refractivity (Wildman–Crippen MR) is 114 cm³/mol. The van der Waals surface area contributed by atoms with E-state index >= 15 is 0 Å². The van der Waals surface area contributed by atoms with E-state index in [0.29, 0.717) is 17.5 Å². The first-order chi connectivity index (χ1) is 11.6. The van der Waals surface area contributed by atoms with Crippen LogP contribution in [0.2, 0.25) is 5.02 Å². The second kappa shape index (κ2) is 11.8. The highest BCUT2D eigenvalue weighted by molar-refractivity contribution is 14.0. The molecule has 1 heterocycles. The molecule has 0 saturated carbocycles. The zero-order chi connectivity index (χ0) is 17.4. The quantitative estimate of drug-likeness (QED) is 0.367. The van der Waals surface area contributed by atoms with E-state index in [1.165, 1.54) is 0 Å². The smallest absolute Gasteiger partial charge is 0.193 e. The monoisotopic (exact) mass is 481 g/mol. The van der Waals surface area contributed by atoms with Crippen LogP contribution in [-0.4, -0.2) is 56.9 Å². The van der Waals surface area contributed by atoms with Gasteiger partial charge in [0.15, 0.2) is 5.96 Å². The van der Waals surface area contributed by atoms with Gasteiger partial charge in [-0.15, -0.1) is 24.0 Å². The van der Waals surface area contributed by atoms with Crippen molar-refractivity contribution in [1.82, 2.24) is 10.2 Å². The lowest BCUT2D eigenvalue weighted by Gasteiger charge is -2.23. The van der Waals surface area contributed by atoms with E-state index in [2.05, 4.69) is 15.2 Å². The maximum atomic E-state index is 5.98. The highest BCUT2D eigenvalue weighted by atomic mass is 127. The zero-order valence-corrected chi connectivity index (χ0v) is 18.3. The summed E-state index contributed by atoms with van der Waals surface area (Å²) in [6, 6.07) is 7.46. The molecule has 2 unspecified atom stereocenters. The molecule has 0 spiro atoms. The summed E-state index contributed by atoms with van der Waals surface area (Å²) >= 11 is 5.98. The van der Waals surface area contributed by atoms with Crippen molar-refractivity contribution in [2.24, 2.45) is 10.9 Å². The molecule has 142 valence electrons. The Morgan fingerprint density at radius 2 is 2.28 bits per heavy atom. The van der Waals surface area contributed by atoms with Crippen molar-refractivity contribution in [3.63, 3.8) is 0 Å². The summed E-state index contributed by atoms with van der Waals surface area (Å²) < 4.78 is 11.4. The molecule has 0 radical (unpaired) electrons. The van der Waals surface area contributed by atoms with E-state index in [1.807, 2.05) is 45.2 Å². The van der Waals surface area contributed by atoms with Crippen LogP contribution >= 0.6 is 35.6 Å². The predicted octanol–water partition coefficient (Wildman–Crippen LogP) is 3.66. The van der Waals surface area contributed by atoms with Gasteiger partial charge in [0, 0.05) is 37.7 Å². The lowest BCUT2D eigenvalue weighted by Crippen LogP contribution is -2.43. The molecular weight excluding hydrogens is 453 g/mol. The minimum atomic E-state index is 0. The first kappa shape index (κ1) is 22.3. The average molecular weight is 482 g/mol. The number of benzene rings is 1. The number of nitrogens with one attached hydrogen (secondary N) is 1. The molecule has 1 N–H and O–H groups in total. The van der Waals surface area contributed by atoms with Crippen molar-refractivity contribution in [3.05, 3.63) is 29.3 Å². The number of nitrogens with zero attached hydrogens (tertiary/aromatic N) is 2. The average Bonchev–Trinajstić information content (AvgIpc) is 3.02. The number of guanidine groups is 1. The van der Waals surface area contributed by atoms with E-state index in [-0.39, 0.29) is 30.1 Å². The van der Waals surface area contributed by atoms with Gasteiger partial charge in [0.1, 0.15) is 11.9 Å². The Labute approximate surface area is 173 Å². The summed E-state index contributed by atoms with van der Waals surface area (Å²) in [7, 11) is 1.82. The van der Waals surface area contributed by atoms with Gasteiger partial charge < -0.3 is 19.7 Å². The van der Waals surface area contributed by atoms with Crippen molar-refractivity contribution in [3.8, 4) is 5.75 Å². The summed E-state index contributed by atoms with van der Waals surface area (Å²) in [5.41, 5.74) is 0. The first-order valence-electron chi connectivity index (χ1n) is 8.58. The molecule has 0 amide bonds. The molecule has 1 aliphatic heterocycles. The summed E-state index contributed by atoms with van der Waals surface area (Å²) in [5, 5.41) is 4.08. The van der Waals surface area contributed by atoms with Crippen molar-refractivity contribution in [1.29, 1.82) is 0 Å². The third-order valence-electron chi connectivity index (χ3n) is 4.04. The van der Waals surface area contributed by atoms with E-state index in [4.69, 9.17) is 21.1 Å². The van der Waals surface area contributed by atoms with Crippen LogP contribution in [0.3, 0.4) is 0 Å². The maximum absolute atomic E-state index is 5.98. The minimum absolute atomic E-state index is 0. The molecule has 2 atom stereocenters. The van der Waals surface area contributed by atoms with E-state index in [0.717, 1.165) is 44.4 Å². The van der Waals surface area contributed by atoms with Gasteiger partial charge in [-0.05, 0) is 38.5 Å². The van der Waals surface area contributed by atoms with Crippen LogP contribution in [0.4, 0.5) is 0 Å². The van der Waals surface area contributed by atoms with Crippen molar-refractivity contribution >= 4 is 41.5 Å². The molecule has 1 fully saturated rings. The topological polar surface area (TPSA) is 46.1 Å². The van der Waals surface area contributed by atoms with E-state index in [1.54, 1.807) is 0 Å². The molecule has 7 heteroatoms. The lowest BCUT2D eigenvalue weighted by atomic mass is 10.1. The summed E-state index contributed by atoms with van der Waals surface area (Å²) in [6.07, 6.45) is 1.16. The van der Waals surface area contributed by atoms with Gasteiger partial charge in [0.05, 0.1) is 13.2 Å². The Bertz CT molecular complexity index is 545. The van der Waals surface area contributed by atoms with Crippen LogP contribution in [0.1, 0.15) is 20.3 Å². The van der Waals surface area contributed by atoms with Gasteiger partial charge in [-0.2, -0.15) is 0 Å². The molecule has 1 aliphatic rings. The normalized spacial score (nSPS) is 18.6. The largest absolute Gasteiger partial charge is 0.489 e. The van der Waals surface area contributed by atoms with Gasteiger partial charge >= 0.3 is 0 Å². The van der Waals surface area contributed by atoms with Gasteiger partial charge in [0.25, 0.3) is 0 Å². The van der Waals surface area contributed by atoms with Crippen molar-refractivity contribution in [2.45, 2.75) is 26.4 Å². The second-order valence-corrected chi connectivity index (χ2v) is 6.51. The number of hydrogen-bond donors (Lipinski definition) is 1. The van der Waals surface area contributed by atoms with Crippen LogP contribution in [0.5, 0.6) is 5.75 Å². The molecular formula is C18H29ClIN3O2. The van der Waals surface area contributed by atoms with Crippen LogP contribution in [0.25, 0.3) is 0 Å². The first-order valence-corrected chi connectivity index (χ1v) is 8.95. The summed E-state index contributed by atoms with van der Waals surface area (Å²) in [5.74, 6) is 2.30. The second-order valence-electron chi connectivity index (χ2n) is 6.07. The molecule has 0 aromatic heterocycles. The highest BCUT2D eigenvalue weighted by Crippen LogP contribution is 2.19. The molecule has 2 rings (SSSR count). The Hall–Kier alpha value is -0.730. The van der Waals surface area contributed by atoms with Gasteiger partial charge in [-0.1, -0.05) is 17.7 Å². The van der Waals surface area contributed by atoms with Gasteiger partial charge in [-0.3, -0.25) is 4.99 Å². The molecule has 1 aromatic carbocycles. The van der Waals surface area contributed by atoms with Crippen LogP contribution in [0, 0.1) is 5.92 Å². The number of halogens is 2. The Morgan fingerprint density at radius 1 is 1.48 bits per heavy atom. The fourth-order valence-electron chi connectivity index (χ4n) is 2.83. The SMILES string of the molecule is CCOCC1CCN(C(=NC)NCC(C)Oc2cccc(Cl)c2)C1.I. The van der Waals surface area contributed by atoms with Crippen LogP contribution < -0.4 is 10.1 Å². The molecule has 0 bridgehead atoms. The summed E-state index contributed by atoms with van der Waals surface area (Å²) in [4.78, 5) is 6.68. The Kier molecular flexibility index (Phi) is 10.5. The zero-order valence-electron chi connectivity index (χ0n) is 15.2. The fraction of sp³-hybridized carbons (Fsp3) is 0.611.